The van der Waals surface area contributed by atoms with Gasteiger partial charge >= 0.3 is 0 Å². The summed E-state index contributed by atoms with van der Waals surface area (Å²) in [7, 11) is 0. The van der Waals surface area contributed by atoms with Crippen LogP contribution in [0.4, 0.5) is 0 Å². The van der Waals surface area contributed by atoms with Gasteiger partial charge in [0.1, 0.15) is 0 Å². The van der Waals surface area contributed by atoms with Crippen molar-refractivity contribution in [3.63, 3.8) is 0 Å². The average molecular weight is 252 g/mol. The van der Waals surface area contributed by atoms with Crippen molar-refractivity contribution in [1.29, 1.82) is 0 Å². The van der Waals surface area contributed by atoms with E-state index in [4.69, 9.17) is 4.52 Å². The summed E-state index contributed by atoms with van der Waals surface area (Å²) in [4.78, 5) is 4.45. The minimum Gasteiger partial charge on any atom is -0.392 e. The van der Waals surface area contributed by atoms with E-state index in [-0.39, 0.29) is 5.41 Å². The maximum atomic E-state index is 10.0. The first-order chi connectivity index (χ1) is 8.47. The molecule has 1 saturated carbocycles. The van der Waals surface area contributed by atoms with Gasteiger partial charge in [0, 0.05) is 5.92 Å². The Morgan fingerprint density at radius 2 is 1.94 bits per heavy atom. The maximum Gasteiger partial charge on any atom is 0.229 e. The standard InChI is InChI=1S/C14H24N2O2/c1-14(2,3)11(17)9-12-15-13(16-18-12)10-7-5-4-6-8-10/h10-11,17H,4-9H2,1-3H3. The van der Waals surface area contributed by atoms with E-state index in [2.05, 4.69) is 10.1 Å². The van der Waals surface area contributed by atoms with Crippen molar-refractivity contribution in [3.8, 4) is 0 Å². The Hall–Kier alpha value is -0.900. The van der Waals surface area contributed by atoms with Crippen LogP contribution in [-0.4, -0.2) is 21.4 Å². The minimum absolute atomic E-state index is 0.153. The molecule has 1 atom stereocenters. The lowest BCUT2D eigenvalue weighted by Crippen LogP contribution is -2.28. The number of hydrogen-bond acceptors (Lipinski definition) is 4. The number of aliphatic hydroxyl groups is 1. The second kappa shape index (κ2) is 5.39. The highest BCUT2D eigenvalue weighted by Gasteiger charge is 2.26. The molecule has 1 fully saturated rings. The molecule has 1 N–H and O–H groups in total. The highest BCUT2D eigenvalue weighted by molar-refractivity contribution is 4.98. The average Bonchev–Trinajstić information content (AvgIpc) is 2.77. The molecule has 1 aromatic rings. The van der Waals surface area contributed by atoms with Crippen LogP contribution in [0.3, 0.4) is 0 Å². The van der Waals surface area contributed by atoms with E-state index < -0.39 is 6.10 Å². The quantitative estimate of drug-likeness (QED) is 0.898. The first kappa shape index (κ1) is 13.5. The van der Waals surface area contributed by atoms with Gasteiger partial charge in [-0.25, -0.2) is 0 Å². The largest absolute Gasteiger partial charge is 0.392 e. The zero-order chi connectivity index (χ0) is 13.2. The number of aliphatic hydroxyl groups excluding tert-OH is 1. The Kier molecular flexibility index (Phi) is 4.05. The van der Waals surface area contributed by atoms with Gasteiger partial charge in [-0.15, -0.1) is 0 Å². The molecular weight excluding hydrogens is 228 g/mol. The van der Waals surface area contributed by atoms with Crippen molar-refractivity contribution in [2.24, 2.45) is 5.41 Å². The summed E-state index contributed by atoms with van der Waals surface area (Å²) < 4.78 is 5.26. The third-order valence-electron chi connectivity index (χ3n) is 3.82. The number of nitrogens with zero attached hydrogens (tertiary/aromatic N) is 2. The zero-order valence-corrected chi connectivity index (χ0v) is 11.6. The number of aromatic nitrogens is 2. The first-order valence-corrected chi connectivity index (χ1v) is 6.97. The normalized spacial score (nSPS) is 20.0. The fourth-order valence-corrected chi connectivity index (χ4v) is 2.35. The number of rotatable bonds is 3. The molecule has 0 saturated heterocycles. The van der Waals surface area contributed by atoms with E-state index in [0.717, 1.165) is 5.82 Å². The van der Waals surface area contributed by atoms with Gasteiger partial charge in [0.05, 0.1) is 12.5 Å². The van der Waals surface area contributed by atoms with Gasteiger partial charge in [-0.1, -0.05) is 45.2 Å². The Bertz CT molecular complexity index is 375. The van der Waals surface area contributed by atoms with Crippen LogP contribution < -0.4 is 0 Å². The Morgan fingerprint density at radius 1 is 1.28 bits per heavy atom. The first-order valence-electron chi connectivity index (χ1n) is 6.97. The topological polar surface area (TPSA) is 59.2 Å². The van der Waals surface area contributed by atoms with E-state index in [0.29, 0.717) is 18.2 Å². The Labute approximate surface area is 109 Å². The molecule has 1 aliphatic carbocycles. The molecule has 1 unspecified atom stereocenters. The molecule has 18 heavy (non-hydrogen) atoms. The van der Waals surface area contributed by atoms with Crippen LogP contribution in [0.25, 0.3) is 0 Å². The predicted molar refractivity (Wildman–Crippen MR) is 69.3 cm³/mol. The molecule has 2 rings (SSSR count). The van der Waals surface area contributed by atoms with E-state index in [1.54, 1.807) is 0 Å². The van der Waals surface area contributed by atoms with Crippen LogP contribution in [0.1, 0.15) is 70.5 Å². The summed E-state index contributed by atoms with van der Waals surface area (Å²) in [6, 6.07) is 0. The molecule has 0 amide bonds. The molecule has 4 nitrogen and oxygen atoms in total. The molecule has 0 radical (unpaired) electrons. The van der Waals surface area contributed by atoms with E-state index in [1.807, 2.05) is 20.8 Å². The van der Waals surface area contributed by atoms with Crippen molar-refractivity contribution >= 4 is 0 Å². The highest BCUT2D eigenvalue weighted by Crippen LogP contribution is 2.31. The third-order valence-corrected chi connectivity index (χ3v) is 3.82. The van der Waals surface area contributed by atoms with Crippen LogP contribution in [0.5, 0.6) is 0 Å². The second-order valence-electron chi connectivity index (χ2n) is 6.47. The third kappa shape index (κ3) is 3.31. The van der Waals surface area contributed by atoms with Gasteiger partial charge in [-0.3, -0.25) is 0 Å². The van der Waals surface area contributed by atoms with Gasteiger partial charge in [0.25, 0.3) is 0 Å². The van der Waals surface area contributed by atoms with Gasteiger partial charge in [0.2, 0.25) is 5.89 Å². The lowest BCUT2D eigenvalue weighted by Gasteiger charge is -2.24. The molecule has 4 heteroatoms. The molecule has 1 aromatic heterocycles. The molecule has 1 heterocycles. The van der Waals surface area contributed by atoms with Crippen molar-refractivity contribution in [2.75, 3.05) is 0 Å². The molecule has 0 spiro atoms. The summed E-state index contributed by atoms with van der Waals surface area (Å²) in [6.45, 7) is 6.03. The van der Waals surface area contributed by atoms with E-state index >= 15 is 0 Å². The van der Waals surface area contributed by atoms with Gasteiger partial charge in [-0.05, 0) is 18.3 Å². The van der Waals surface area contributed by atoms with E-state index in [1.165, 1.54) is 32.1 Å². The van der Waals surface area contributed by atoms with E-state index in [9.17, 15) is 5.11 Å². The number of hydrogen-bond donors (Lipinski definition) is 1. The Balaban J connectivity index is 1.97. The molecule has 1 aliphatic rings. The van der Waals surface area contributed by atoms with Crippen molar-refractivity contribution in [1.82, 2.24) is 10.1 Å². The van der Waals surface area contributed by atoms with Crippen molar-refractivity contribution < 1.29 is 9.63 Å². The fraction of sp³-hybridized carbons (Fsp3) is 0.857. The Morgan fingerprint density at radius 3 is 2.56 bits per heavy atom. The predicted octanol–water partition coefficient (Wildman–Crippen LogP) is 3.07. The van der Waals surface area contributed by atoms with Crippen LogP contribution in [0.2, 0.25) is 0 Å². The minimum atomic E-state index is -0.447. The fourth-order valence-electron chi connectivity index (χ4n) is 2.35. The van der Waals surface area contributed by atoms with Crippen molar-refractivity contribution in [2.45, 2.75) is 71.3 Å². The molecule has 0 bridgehead atoms. The summed E-state index contributed by atoms with van der Waals surface area (Å²) in [5.74, 6) is 1.87. The smallest absolute Gasteiger partial charge is 0.229 e. The van der Waals surface area contributed by atoms with Crippen LogP contribution in [-0.2, 0) is 6.42 Å². The molecular formula is C14H24N2O2. The van der Waals surface area contributed by atoms with Crippen molar-refractivity contribution in [3.05, 3.63) is 11.7 Å². The molecule has 0 aliphatic heterocycles. The SMILES string of the molecule is CC(C)(C)C(O)Cc1nc(C2CCCCC2)no1. The summed E-state index contributed by atoms with van der Waals surface area (Å²) in [6.07, 6.45) is 6.18. The lowest BCUT2D eigenvalue weighted by atomic mass is 9.87. The monoisotopic (exact) mass is 252 g/mol. The van der Waals surface area contributed by atoms with Crippen LogP contribution in [0.15, 0.2) is 4.52 Å². The summed E-state index contributed by atoms with van der Waals surface area (Å²) in [5.41, 5.74) is -0.153. The van der Waals surface area contributed by atoms with Gasteiger partial charge < -0.3 is 9.63 Å². The summed E-state index contributed by atoms with van der Waals surface area (Å²) >= 11 is 0. The van der Waals surface area contributed by atoms with Gasteiger partial charge in [-0.2, -0.15) is 4.98 Å². The summed E-state index contributed by atoms with van der Waals surface area (Å²) in [5, 5.41) is 14.1. The molecule has 0 aromatic carbocycles. The van der Waals surface area contributed by atoms with Crippen LogP contribution in [0, 0.1) is 5.41 Å². The molecule has 102 valence electrons. The second-order valence-corrected chi connectivity index (χ2v) is 6.47. The van der Waals surface area contributed by atoms with Crippen LogP contribution >= 0.6 is 0 Å². The highest BCUT2D eigenvalue weighted by atomic mass is 16.5. The maximum absolute atomic E-state index is 10.0. The van der Waals surface area contributed by atoms with Gasteiger partial charge in [0.15, 0.2) is 5.82 Å². The zero-order valence-electron chi connectivity index (χ0n) is 11.6. The lowest BCUT2D eigenvalue weighted by molar-refractivity contribution is 0.0565.